The number of likely N-dealkylation sites (N-methyl/N-ethyl adjacent to an activating group) is 1. The number of nitrogens with zero attached hydrogens (tertiary/aromatic N) is 1. The van der Waals surface area contributed by atoms with E-state index in [1.54, 1.807) is 6.07 Å². The maximum atomic E-state index is 12.1. The molecular weight excluding hydrogens is 336 g/mol. The first-order chi connectivity index (χ1) is 9.58. The summed E-state index contributed by atoms with van der Waals surface area (Å²) in [6, 6.07) is 6.18. The van der Waals surface area contributed by atoms with E-state index in [2.05, 4.69) is 45.8 Å². The van der Waals surface area contributed by atoms with Crippen LogP contribution in [0.15, 0.2) is 27.6 Å². The Labute approximate surface area is 134 Å². The molecule has 1 aliphatic carbocycles. The summed E-state index contributed by atoms with van der Waals surface area (Å²) in [6.07, 6.45) is 5.25. The molecule has 5 heteroatoms. The molecule has 3 nitrogen and oxygen atoms in total. The third-order valence-corrected chi connectivity index (χ3v) is 4.77. The van der Waals surface area contributed by atoms with Crippen LogP contribution in [0.1, 0.15) is 36.0 Å². The van der Waals surface area contributed by atoms with Gasteiger partial charge in [-0.1, -0.05) is 28.8 Å². The Morgan fingerprint density at radius 1 is 1.45 bits per heavy atom. The third kappa shape index (κ3) is 4.24. The lowest BCUT2D eigenvalue weighted by Gasteiger charge is -2.23. The fourth-order valence-electron chi connectivity index (χ4n) is 2.67. The number of nitrogens with one attached hydrogen (secondary N) is 1. The molecule has 1 amide bonds. The summed E-state index contributed by atoms with van der Waals surface area (Å²) in [5.74, 6) is -0.0534. The molecule has 0 saturated heterocycles. The van der Waals surface area contributed by atoms with Gasteiger partial charge in [0.1, 0.15) is 0 Å². The van der Waals surface area contributed by atoms with Crippen LogP contribution < -0.4 is 5.32 Å². The number of benzene rings is 1. The molecule has 1 saturated carbocycles. The smallest absolute Gasteiger partial charge is 0.252 e. The SMILES string of the molecule is CN(CCNC(=O)c1ccc(Br)cc1S)C1CCCC1. The number of hydrogen-bond acceptors (Lipinski definition) is 3. The first-order valence-electron chi connectivity index (χ1n) is 7.05. The van der Waals surface area contributed by atoms with Crippen LogP contribution in [-0.2, 0) is 0 Å². The highest BCUT2D eigenvalue weighted by Gasteiger charge is 2.19. The zero-order chi connectivity index (χ0) is 14.5. The average Bonchev–Trinajstić information content (AvgIpc) is 2.92. The largest absolute Gasteiger partial charge is 0.351 e. The first-order valence-corrected chi connectivity index (χ1v) is 8.29. The molecule has 1 aromatic rings. The molecule has 2 rings (SSSR count). The van der Waals surface area contributed by atoms with Gasteiger partial charge < -0.3 is 10.2 Å². The summed E-state index contributed by atoms with van der Waals surface area (Å²) in [4.78, 5) is 15.1. The molecule has 0 atom stereocenters. The molecule has 0 unspecified atom stereocenters. The summed E-state index contributed by atoms with van der Waals surface area (Å²) in [6.45, 7) is 1.57. The molecule has 1 N–H and O–H groups in total. The topological polar surface area (TPSA) is 32.3 Å². The van der Waals surface area contributed by atoms with Crippen LogP contribution in [0.2, 0.25) is 0 Å². The van der Waals surface area contributed by atoms with E-state index in [4.69, 9.17) is 0 Å². The van der Waals surface area contributed by atoms with Gasteiger partial charge in [0.15, 0.2) is 0 Å². The number of carbonyl (C=O) groups excluding carboxylic acids is 1. The highest BCUT2D eigenvalue weighted by Crippen LogP contribution is 2.22. The van der Waals surface area contributed by atoms with Gasteiger partial charge in [0, 0.05) is 28.5 Å². The van der Waals surface area contributed by atoms with Gasteiger partial charge in [0.2, 0.25) is 0 Å². The van der Waals surface area contributed by atoms with Gasteiger partial charge in [-0.05, 0) is 38.1 Å². The highest BCUT2D eigenvalue weighted by molar-refractivity contribution is 9.10. The molecule has 0 spiro atoms. The Balaban J connectivity index is 1.80. The Hall–Kier alpha value is -0.520. The Bertz CT molecular complexity index is 475. The molecule has 1 fully saturated rings. The van der Waals surface area contributed by atoms with Gasteiger partial charge in [-0.3, -0.25) is 4.79 Å². The lowest BCUT2D eigenvalue weighted by molar-refractivity contribution is 0.0944. The number of carbonyl (C=O) groups is 1. The molecule has 0 bridgehead atoms. The molecule has 0 aromatic heterocycles. The van der Waals surface area contributed by atoms with Gasteiger partial charge >= 0.3 is 0 Å². The molecule has 110 valence electrons. The van der Waals surface area contributed by atoms with Crippen molar-refractivity contribution in [1.29, 1.82) is 0 Å². The Kier molecular flexibility index (Phi) is 5.93. The lowest BCUT2D eigenvalue weighted by atomic mass is 10.2. The van der Waals surface area contributed by atoms with Crippen molar-refractivity contribution in [2.24, 2.45) is 0 Å². The maximum Gasteiger partial charge on any atom is 0.252 e. The van der Waals surface area contributed by atoms with Crippen LogP contribution >= 0.6 is 28.6 Å². The minimum absolute atomic E-state index is 0.0534. The summed E-state index contributed by atoms with van der Waals surface area (Å²) >= 11 is 7.71. The van der Waals surface area contributed by atoms with Crippen molar-refractivity contribution in [2.75, 3.05) is 20.1 Å². The number of halogens is 1. The van der Waals surface area contributed by atoms with Crippen LogP contribution in [0, 0.1) is 0 Å². The Morgan fingerprint density at radius 2 is 2.15 bits per heavy atom. The highest BCUT2D eigenvalue weighted by atomic mass is 79.9. The molecule has 0 aliphatic heterocycles. The molecule has 0 heterocycles. The van der Waals surface area contributed by atoms with Crippen molar-refractivity contribution in [3.63, 3.8) is 0 Å². The zero-order valence-corrected chi connectivity index (χ0v) is 14.2. The van der Waals surface area contributed by atoms with Gasteiger partial charge in [-0.25, -0.2) is 0 Å². The Morgan fingerprint density at radius 3 is 2.80 bits per heavy atom. The first kappa shape index (κ1) is 15.9. The van der Waals surface area contributed by atoms with Gasteiger partial charge in [-0.2, -0.15) is 0 Å². The van der Waals surface area contributed by atoms with E-state index in [1.807, 2.05) is 12.1 Å². The standard InChI is InChI=1S/C15H21BrN2OS/c1-18(12-4-2-3-5-12)9-8-17-15(19)13-7-6-11(16)10-14(13)20/h6-7,10,12,20H,2-5,8-9H2,1H3,(H,17,19). The molecule has 1 aliphatic rings. The van der Waals surface area contributed by atoms with E-state index in [0.717, 1.165) is 11.0 Å². The van der Waals surface area contributed by atoms with Crippen LogP contribution in [0.3, 0.4) is 0 Å². The van der Waals surface area contributed by atoms with Crippen molar-refractivity contribution in [1.82, 2.24) is 10.2 Å². The van der Waals surface area contributed by atoms with Crippen molar-refractivity contribution in [2.45, 2.75) is 36.6 Å². The van der Waals surface area contributed by atoms with E-state index < -0.39 is 0 Å². The lowest BCUT2D eigenvalue weighted by Crippen LogP contribution is -2.37. The van der Waals surface area contributed by atoms with Gasteiger partial charge in [-0.15, -0.1) is 12.6 Å². The third-order valence-electron chi connectivity index (χ3n) is 3.90. The fraction of sp³-hybridized carbons (Fsp3) is 0.533. The van der Waals surface area contributed by atoms with Crippen LogP contribution in [-0.4, -0.2) is 37.0 Å². The molecule has 0 radical (unpaired) electrons. The predicted octanol–water partition coefficient (Wildman–Crippen LogP) is 3.34. The summed E-state index contributed by atoms with van der Waals surface area (Å²) in [5.41, 5.74) is 0.625. The van der Waals surface area contributed by atoms with Crippen LogP contribution in [0.25, 0.3) is 0 Å². The van der Waals surface area contributed by atoms with E-state index >= 15 is 0 Å². The van der Waals surface area contributed by atoms with Crippen LogP contribution in [0.5, 0.6) is 0 Å². The fourth-order valence-corrected chi connectivity index (χ4v) is 3.52. The van der Waals surface area contributed by atoms with Gasteiger partial charge in [0.25, 0.3) is 5.91 Å². The summed E-state index contributed by atoms with van der Waals surface area (Å²) in [7, 11) is 2.14. The predicted molar refractivity (Wildman–Crippen MR) is 88.6 cm³/mol. The van der Waals surface area contributed by atoms with Crippen LogP contribution in [0.4, 0.5) is 0 Å². The second-order valence-corrected chi connectivity index (χ2v) is 6.73. The number of hydrogen-bond donors (Lipinski definition) is 2. The molecule has 1 aromatic carbocycles. The van der Waals surface area contributed by atoms with Crippen molar-refractivity contribution < 1.29 is 4.79 Å². The molecular formula is C15H21BrN2OS. The van der Waals surface area contributed by atoms with E-state index in [1.165, 1.54) is 25.7 Å². The quantitative estimate of drug-likeness (QED) is 0.793. The second-order valence-electron chi connectivity index (χ2n) is 5.34. The minimum atomic E-state index is -0.0534. The number of rotatable bonds is 5. The van der Waals surface area contributed by atoms with Crippen molar-refractivity contribution in [3.05, 3.63) is 28.2 Å². The maximum absolute atomic E-state index is 12.1. The zero-order valence-electron chi connectivity index (χ0n) is 11.7. The summed E-state index contributed by atoms with van der Waals surface area (Å²) < 4.78 is 0.931. The normalized spacial score (nSPS) is 15.8. The van der Waals surface area contributed by atoms with Crippen molar-refractivity contribution in [3.8, 4) is 0 Å². The van der Waals surface area contributed by atoms with Gasteiger partial charge in [0.05, 0.1) is 5.56 Å². The number of amides is 1. The van der Waals surface area contributed by atoms with E-state index in [9.17, 15) is 4.79 Å². The monoisotopic (exact) mass is 356 g/mol. The van der Waals surface area contributed by atoms with Crippen molar-refractivity contribution >= 4 is 34.5 Å². The summed E-state index contributed by atoms with van der Waals surface area (Å²) in [5, 5.41) is 2.97. The average molecular weight is 357 g/mol. The number of thiol groups is 1. The molecule has 20 heavy (non-hydrogen) atoms. The van der Waals surface area contributed by atoms with E-state index in [0.29, 0.717) is 23.0 Å². The van der Waals surface area contributed by atoms with E-state index in [-0.39, 0.29) is 5.91 Å². The minimum Gasteiger partial charge on any atom is -0.351 e. The second kappa shape index (κ2) is 7.48.